The summed E-state index contributed by atoms with van der Waals surface area (Å²) in [6, 6.07) is 13.4. The van der Waals surface area contributed by atoms with E-state index in [9.17, 15) is 8.42 Å². The van der Waals surface area contributed by atoms with E-state index in [1.165, 1.54) is 12.1 Å². The lowest BCUT2D eigenvalue weighted by Gasteiger charge is -2.11. The number of fused-ring (bicyclic) bond motifs is 1. The first-order valence-corrected chi connectivity index (χ1v) is 8.89. The van der Waals surface area contributed by atoms with Crippen LogP contribution in [-0.2, 0) is 16.0 Å². The van der Waals surface area contributed by atoms with Gasteiger partial charge in [-0.25, -0.2) is 0 Å². The zero-order valence-corrected chi connectivity index (χ0v) is 13.9. The summed E-state index contributed by atoms with van der Waals surface area (Å²) in [4.78, 5) is 4.34. The van der Waals surface area contributed by atoms with Crippen LogP contribution in [0.2, 0.25) is 0 Å². The second-order valence-electron chi connectivity index (χ2n) is 5.11. The van der Waals surface area contributed by atoms with Crippen LogP contribution in [0, 0.1) is 6.92 Å². The molecule has 0 atom stereocenters. The largest absolute Gasteiger partial charge is 0.377 e. The van der Waals surface area contributed by atoms with Gasteiger partial charge in [-0.15, -0.1) is 11.6 Å². The van der Waals surface area contributed by atoms with E-state index in [-0.39, 0.29) is 10.6 Å². The molecule has 0 fully saturated rings. The van der Waals surface area contributed by atoms with E-state index in [1.807, 2.05) is 13.0 Å². The van der Waals surface area contributed by atoms with E-state index in [4.69, 9.17) is 15.8 Å². The van der Waals surface area contributed by atoms with E-state index < -0.39 is 10.1 Å². The monoisotopic (exact) mass is 347 g/mol. The fourth-order valence-corrected chi connectivity index (χ4v) is 3.43. The number of hydrogen-bond acceptors (Lipinski definition) is 4. The van der Waals surface area contributed by atoms with Gasteiger partial charge >= 0.3 is 10.1 Å². The molecule has 23 heavy (non-hydrogen) atoms. The Morgan fingerprint density at radius 1 is 1.09 bits per heavy atom. The molecule has 1 heterocycles. The third-order valence-corrected chi connectivity index (χ3v) is 5.01. The van der Waals surface area contributed by atoms with Crippen LogP contribution in [0.5, 0.6) is 5.75 Å². The molecule has 0 unspecified atom stereocenters. The number of rotatable bonds is 4. The van der Waals surface area contributed by atoms with Gasteiger partial charge in [-0.3, -0.25) is 4.98 Å². The number of benzene rings is 2. The van der Waals surface area contributed by atoms with Crippen molar-refractivity contribution < 1.29 is 12.6 Å². The predicted molar refractivity (Wildman–Crippen MR) is 90.3 cm³/mol. The van der Waals surface area contributed by atoms with Crippen LogP contribution in [0.3, 0.4) is 0 Å². The number of halogens is 1. The Bertz CT molecular complexity index is 953. The number of aryl methyl sites for hydroxylation is 1. The summed E-state index contributed by atoms with van der Waals surface area (Å²) in [6.07, 6.45) is 1.59. The van der Waals surface area contributed by atoms with Crippen LogP contribution in [0.4, 0.5) is 0 Å². The summed E-state index contributed by atoms with van der Waals surface area (Å²) in [5, 5.41) is 0.777. The highest BCUT2D eigenvalue weighted by Gasteiger charge is 2.19. The Morgan fingerprint density at radius 2 is 1.83 bits per heavy atom. The molecule has 0 amide bonds. The molecule has 3 rings (SSSR count). The number of hydrogen-bond donors (Lipinski definition) is 0. The maximum atomic E-state index is 12.4. The number of aromatic nitrogens is 1. The van der Waals surface area contributed by atoms with Crippen molar-refractivity contribution in [3.8, 4) is 5.75 Å². The minimum Gasteiger partial charge on any atom is -0.377 e. The third-order valence-electron chi connectivity index (χ3n) is 3.48. The van der Waals surface area contributed by atoms with Crippen molar-refractivity contribution in [2.45, 2.75) is 17.7 Å². The molecular weight excluding hydrogens is 334 g/mol. The molecule has 0 bridgehead atoms. The lowest BCUT2D eigenvalue weighted by molar-refractivity contribution is 0.488. The average Bonchev–Trinajstić information content (AvgIpc) is 2.55. The highest BCUT2D eigenvalue weighted by Crippen LogP contribution is 2.29. The maximum Gasteiger partial charge on any atom is 0.339 e. The predicted octanol–water partition coefficient (Wildman–Crippen LogP) is 4.05. The van der Waals surface area contributed by atoms with Gasteiger partial charge in [0.1, 0.15) is 10.4 Å². The first-order valence-electron chi connectivity index (χ1n) is 6.95. The van der Waals surface area contributed by atoms with Gasteiger partial charge in [0, 0.05) is 17.5 Å². The smallest absolute Gasteiger partial charge is 0.339 e. The molecule has 0 radical (unpaired) electrons. The molecule has 118 valence electrons. The molecule has 0 aliphatic rings. The van der Waals surface area contributed by atoms with E-state index in [2.05, 4.69) is 4.98 Å². The molecule has 0 spiro atoms. The quantitative estimate of drug-likeness (QED) is 0.527. The first-order chi connectivity index (χ1) is 11.0. The van der Waals surface area contributed by atoms with Crippen LogP contribution in [0.15, 0.2) is 59.6 Å². The molecule has 1 aromatic heterocycles. The molecule has 0 aliphatic carbocycles. The Kier molecular flexibility index (Phi) is 4.24. The Balaban J connectivity index is 2.06. The minimum absolute atomic E-state index is 0.105. The number of pyridine rings is 1. The Morgan fingerprint density at radius 3 is 2.52 bits per heavy atom. The van der Waals surface area contributed by atoms with E-state index in [1.54, 1.807) is 36.5 Å². The standard InChI is InChI=1S/C17H14ClNO3S/c1-12-4-7-14(8-5-12)23(20,21)22-16-9-6-13(11-18)15-3-2-10-19-17(15)16/h2-10H,11H2,1H3. The van der Waals surface area contributed by atoms with Crippen LogP contribution in [0.25, 0.3) is 10.9 Å². The fourth-order valence-electron chi connectivity index (χ4n) is 2.26. The lowest BCUT2D eigenvalue weighted by atomic mass is 10.1. The molecule has 4 nitrogen and oxygen atoms in total. The van der Waals surface area contributed by atoms with Gasteiger partial charge in [-0.1, -0.05) is 29.8 Å². The molecule has 0 saturated heterocycles. The van der Waals surface area contributed by atoms with Gasteiger partial charge < -0.3 is 4.18 Å². The molecule has 0 saturated carbocycles. The van der Waals surface area contributed by atoms with E-state index in [0.717, 1.165) is 16.5 Å². The third kappa shape index (κ3) is 3.16. The molecule has 2 aromatic carbocycles. The minimum atomic E-state index is -3.91. The summed E-state index contributed by atoms with van der Waals surface area (Å²) >= 11 is 5.92. The number of nitrogens with zero attached hydrogens (tertiary/aromatic N) is 1. The van der Waals surface area contributed by atoms with Gasteiger partial charge in [-0.2, -0.15) is 8.42 Å². The van der Waals surface area contributed by atoms with Gasteiger partial charge in [0.15, 0.2) is 5.75 Å². The van der Waals surface area contributed by atoms with Crippen LogP contribution < -0.4 is 4.18 Å². The SMILES string of the molecule is Cc1ccc(S(=O)(=O)Oc2ccc(CCl)c3cccnc23)cc1. The van der Waals surface area contributed by atoms with E-state index >= 15 is 0 Å². The van der Waals surface area contributed by atoms with Crippen LogP contribution in [-0.4, -0.2) is 13.4 Å². The Hall–Kier alpha value is -2.11. The highest BCUT2D eigenvalue weighted by atomic mass is 35.5. The zero-order valence-electron chi connectivity index (χ0n) is 12.4. The van der Waals surface area contributed by atoms with Gasteiger partial charge in [0.25, 0.3) is 0 Å². The normalized spacial score (nSPS) is 11.6. The molecule has 0 N–H and O–H groups in total. The van der Waals surface area contributed by atoms with Crippen molar-refractivity contribution in [3.63, 3.8) is 0 Å². The van der Waals surface area contributed by atoms with Gasteiger partial charge in [-0.05, 0) is 36.8 Å². The highest BCUT2D eigenvalue weighted by molar-refractivity contribution is 7.87. The first kappa shape index (κ1) is 15.8. The van der Waals surface area contributed by atoms with Gasteiger partial charge in [0.2, 0.25) is 0 Å². The summed E-state index contributed by atoms with van der Waals surface area (Å²) in [5.41, 5.74) is 2.32. The van der Waals surface area contributed by atoms with E-state index in [0.29, 0.717) is 11.4 Å². The van der Waals surface area contributed by atoms with Crippen molar-refractivity contribution >= 4 is 32.6 Å². The summed E-state index contributed by atoms with van der Waals surface area (Å²) < 4.78 is 30.2. The number of alkyl halides is 1. The molecule has 6 heteroatoms. The summed E-state index contributed by atoms with van der Waals surface area (Å²) in [6.45, 7) is 1.89. The van der Waals surface area contributed by atoms with Crippen LogP contribution >= 0.6 is 11.6 Å². The molecule has 0 aliphatic heterocycles. The van der Waals surface area contributed by atoms with Crippen molar-refractivity contribution in [3.05, 3.63) is 65.9 Å². The zero-order chi connectivity index (χ0) is 16.4. The maximum absolute atomic E-state index is 12.4. The average molecular weight is 348 g/mol. The second kappa shape index (κ2) is 6.18. The second-order valence-corrected chi connectivity index (χ2v) is 6.92. The molecular formula is C17H14ClNO3S. The summed E-state index contributed by atoms with van der Waals surface area (Å²) in [7, 11) is -3.91. The summed E-state index contributed by atoms with van der Waals surface area (Å²) in [5.74, 6) is 0.503. The Labute approximate surface area is 139 Å². The lowest BCUT2D eigenvalue weighted by Crippen LogP contribution is -2.10. The van der Waals surface area contributed by atoms with Crippen LogP contribution in [0.1, 0.15) is 11.1 Å². The van der Waals surface area contributed by atoms with Crippen molar-refractivity contribution in [1.82, 2.24) is 4.98 Å². The van der Waals surface area contributed by atoms with Crippen molar-refractivity contribution in [1.29, 1.82) is 0 Å². The molecule has 3 aromatic rings. The topological polar surface area (TPSA) is 56.3 Å². The van der Waals surface area contributed by atoms with Crippen molar-refractivity contribution in [2.75, 3.05) is 0 Å². The fraction of sp³-hybridized carbons (Fsp3) is 0.118. The van der Waals surface area contributed by atoms with Gasteiger partial charge in [0.05, 0.1) is 0 Å². The van der Waals surface area contributed by atoms with Crippen molar-refractivity contribution in [2.24, 2.45) is 0 Å².